The molecular formula is C16H9Br3F3NS. The second-order valence-corrected chi connectivity index (χ2v) is 9.08. The summed E-state index contributed by atoms with van der Waals surface area (Å²) in [7, 11) is 0. The first-order valence-corrected chi connectivity index (χ1v) is 9.93. The molecule has 0 fully saturated rings. The van der Waals surface area contributed by atoms with Gasteiger partial charge in [-0.05, 0) is 65.5 Å². The van der Waals surface area contributed by atoms with Crippen LogP contribution in [0.1, 0.15) is 10.4 Å². The SMILES string of the molecule is FC(F)(F)c1c(Br)c(-c2ccccc2)n(Cc2ccc(Br)s2)c1Br. The number of rotatable bonds is 3. The van der Waals surface area contributed by atoms with Gasteiger partial charge in [-0.2, -0.15) is 13.2 Å². The van der Waals surface area contributed by atoms with Crippen LogP contribution < -0.4 is 0 Å². The Kier molecular flexibility index (Phi) is 5.30. The zero-order valence-corrected chi connectivity index (χ0v) is 17.4. The normalized spacial score (nSPS) is 11.9. The molecule has 0 atom stereocenters. The summed E-state index contributed by atoms with van der Waals surface area (Å²) in [5, 5.41) is 0. The minimum atomic E-state index is -4.46. The van der Waals surface area contributed by atoms with Crippen LogP contribution in [0.3, 0.4) is 0 Å². The first-order chi connectivity index (χ1) is 11.3. The van der Waals surface area contributed by atoms with Gasteiger partial charge in [0, 0.05) is 4.88 Å². The average Bonchev–Trinajstić information content (AvgIpc) is 3.01. The Labute approximate surface area is 165 Å². The quantitative estimate of drug-likeness (QED) is 0.321. The molecule has 3 rings (SSSR count). The molecule has 8 heteroatoms. The minimum absolute atomic E-state index is 0.0188. The van der Waals surface area contributed by atoms with Crippen molar-refractivity contribution < 1.29 is 13.2 Å². The molecule has 2 aromatic heterocycles. The fourth-order valence-corrected chi connectivity index (χ4v) is 5.74. The van der Waals surface area contributed by atoms with Crippen molar-refractivity contribution in [3.05, 3.63) is 65.8 Å². The average molecular weight is 544 g/mol. The van der Waals surface area contributed by atoms with Crippen LogP contribution in [0.5, 0.6) is 0 Å². The van der Waals surface area contributed by atoms with Gasteiger partial charge in [0.15, 0.2) is 0 Å². The molecule has 2 heterocycles. The lowest BCUT2D eigenvalue weighted by Gasteiger charge is -2.10. The summed E-state index contributed by atoms with van der Waals surface area (Å²) >= 11 is 11.2. The number of aromatic nitrogens is 1. The Morgan fingerprint density at radius 3 is 2.17 bits per heavy atom. The van der Waals surface area contributed by atoms with Gasteiger partial charge in [0.2, 0.25) is 0 Å². The second-order valence-electron chi connectivity index (χ2n) is 4.98. The molecule has 1 nitrogen and oxygen atoms in total. The molecule has 0 aliphatic carbocycles. The van der Waals surface area contributed by atoms with E-state index in [0.717, 1.165) is 14.2 Å². The Balaban J connectivity index is 2.22. The summed E-state index contributed by atoms with van der Waals surface area (Å²) in [6.45, 7) is 0.343. The lowest BCUT2D eigenvalue weighted by Crippen LogP contribution is -2.06. The third-order valence-electron chi connectivity index (χ3n) is 3.41. The summed E-state index contributed by atoms with van der Waals surface area (Å²) in [5.41, 5.74) is 0.521. The van der Waals surface area contributed by atoms with Gasteiger partial charge >= 0.3 is 6.18 Å². The van der Waals surface area contributed by atoms with Gasteiger partial charge in [0.05, 0.1) is 25.1 Å². The third kappa shape index (κ3) is 3.52. The predicted molar refractivity (Wildman–Crippen MR) is 101 cm³/mol. The molecule has 24 heavy (non-hydrogen) atoms. The van der Waals surface area contributed by atoms with Gasteiger partial charge in [-0.3, -0.25) is 0 Å². The van der Waals surface area contributed by atoms with Crippen LogP contribution in [0.4, 0.5) is 13.2 Å². The van der Waals surface area contributed by atoms with E-state index in [1.165, 1.54) is 11.3 Å². The standard InChI is InChI=1S/C16H9Br3F3NS/c17-11-7-6-10(24-11)8-23-14(9-4-2-1-3-5-9)13(18)12(15(23)19)16(20,21)22/h1-7H,8H2. The van der Waals surface area contributed by atoms with Crippen molar-refractivity contribution in [3.63, 3.8) is 0 Å². The number of alkyl halides is 3. The van der Waals surface area contributed by atoms with Crippen molar-refractivity contribution in [3.8, 4) is 11.3 Å². The predicted octanol–water partition coefficient (Wildman–Crippen LogP) is 7.57. The fourth-order valence-electron chi connectivity index (χ4n) is 2.42. The van der Waals surface area contributed by atoms with Crippen molar-refractivity contribution >= 4 is 59.1 Å². The van der Waals surface area contributed by atoms with Crippen LogP contribution in [-0.2, 0) is 12.7 Å². The van der Waals surface area contributed by atoms with Gasteiger partial charge in [0.25, 0.3) is 0 Å². The topological polar surface area (TPSA) is 4.93 Å². The van der Waals surface area contributed by atoms with Crippen LogP contribution in [0, 0.1) is 0 Å². The van der Waals surface area contributed by atoms with Crippen LogP contribution in [0.2, 0.25) is 0 Å². The van der Waals surface area contributed by atoms with Crippen LogP contribution >= 0.6 is 59.1 Å². The fraction of sp³-hybridized carbons (Fsp3) is 0.125. The summed E-state index contributed by atoms with van der Waals surface area (Å²) in [5.74, 6) is 0. The molecule has 0 N–H and O–H groups in total. The number of halogens is 6. The van der Waals surface area contributed by atoms with Crippen molar-refractivity contribution in [2.45, 2.75) is 12.7 Å². The molecule has 3 aromatic rings. The molecule has 0 saturated carbocycles. The zero-order chi connectivity index (χ0) is 17.5. The largest absolute Gasteiger partial charge is 0.420 e. The van der Waals surface area contributed by atoms with E-state index in [0.29, 0.717) is 12.2 Å². The molecule has 1 aromatic carbocycles. The molecule has 0 saturated heterocycles. The van der Waals surface area contributed by atoms with Crippen LogP contribution in [-0.4, -0.2) is 4.57 Å². The van der Waals surface area contributed by atoms with Crippen molar-refractivity contribution in [2.75, 3.05) is 0 Å². The Bertz CT molecular complexity index is 869. The van der Waals surface area contributed by atoms with Gasteiger partial charge < -0.3 is 4.57 Å². The highest BCUT2D eigenvalue weighted by Gasteiger charge is 2.40. The molecule has 126 valence electrons. The van der Waals surface area contributed by atoms with Crippen LogP contribution in [0.15, 0.2) is 55.3 Å². The molecule has 0 bridgehead atoms. The van der Waals surface area contributed by atoms with E-state index in [-0.39, 0.29) is 9.08 Å². The van der Waals surface area contributed by atoms with E-state index in [2.05, 4.69) is 47.8 Å². The summed E-state index contributed by atoms with van der Waals surface area (Å²) in [6.07, 6.45) is -4.46. The van der Waals surface area contributed by atoms with Crippen LogP contribution in [0.25, 0.3) is 11.3 Å². The van der Waals surface area contributed by atoms with E-state index >= 15 is 0 Å². The molecule has 0 unspecified atom stereocenters. The van der Waals surface area contributed by atoms with Crippen molar-refractivity contribution in [1.82, 2.24) is 4.57 Å². The minimum Gasteiger partial charge on any atom is -0.328 e. The van der Waals surface area contributed by atoms with Crippen molar-refractivity contribution in [2.24, 2.45) is 0 Å². The molecule has 0 radical (unpaired) electrons. The summed E-state index contributed by atoms with van der Waals surface area (Å²) < 4.78 is 43.1. The lowest BCUT2D eigenvalue weighted by atomic mass is 10.1. The van der Waals surface area contributed by atoms with E-state index in [4.69, 9.17) is 0 Å². The van der Waals surface area contributed by atoms with E-state index in [9.17, 15) is 13.2 Å². The van der Waals surface area contributed by atoms with E-state index < -0.39 is 11.7 Å². The number of hydrogen-bond donors (Lipinski definition) is 0. The molecule has 0 spiro atoms. The van der Waals surface area contributed by atoms with Crippen molar-refractivity contribution in [1.29, 1.82) is 0 Å². The molecule has 0 amide bonds. The Morgan fingerprint density at radius 2 is 1.62 bits per heavy atom. The highest BCUT2D eigenvalue weighted by atomic mass is 79.9. The number of hydrogen-bond acceptors (Lipinski definition) is 1. The maximum Gasteiger partial charge on any atom is 0.420 e. The highest BCUT2D eigenvalue weighted by Crippen LogP contribution is 2.47. The first-order valence-electron chi connectivity index (χ1n) is 6.73. The maximum absolute atomic E-state index is 13.5. The third-order valence-corrected chi connectivity index (χ3v) is 6.62. The summed E-state index contributed by atoms with van der Waals surface area (Å²) in [4.78, 5) is 0.955. The highest BCUT2D eigenvalue weighted by molar-refractivity contribution is 9.11. The van der Waals surface area contributed by atoms with E-state index in [1.54, 1.807) is 16.7 Å². The molecule has 0 aliphatic heterocycles. The lowest BCUT2D eigenvalue weighted by molar-refractivity contribution is -0.138. The summed E-state index contributed by atoms with van der Waals surface area (Å²) in [6, 6.07) is 12.8. The van der Waals surface area contributed by atoms with Gasteiger partial charge in [-0.15, -0.1) is 11.3 Å². The molecular weight excluding hydrogens is 535 g/mol. The van der Waals surface area contributed by atoms with E-state index in [1.807, 2.05) is 30.3 Å². The Hall–Kier alpha value is -0.570. The molecule has 0 aliphatic rings. The maximum atomic E-state index is 13.5. The second kappa shape index (κ2) is 6.97. The Morgan fingerprint density at radius 1 is 0.958 bits per heavy atom. The van der Waals surface area contributed by atoms with Gasteiger partial charge in [-0.25, -0.2) is 0 Å². The van der Waals surface area contributed by atoms with Gasteiger partial charge in [0.1, 0.15) is 5.56 Å². The first kappa shape index (κ1) is 18.2. The number of thiophene rings is 1. The number of benzene rings is 1. The smallest absolute Gasteiger partial charge is 0.328 e. The zero-order valence-electron chi connectivity index (χ0n) is 11.9. The monoisotopic (exact) mass is 541 g/mol. The number of nitrogens with zero attached hydrogens (tertiary/aromatic N) is 1. The van der Waals surface area contributed by atoms with Gasteiger partial charge in [-0.1, -0.05) is 30.3 Å².